The Morgan fingerprint density at radius 1 is 0.917 bits per heavy atom. The standard InChI is InChI=1S/C22H24O2/c1-2-7-17(8-3-1)18-9-6-10-19-16-21(13-12-20(19)15-18)24-22-11-4-5-14-23-22/h1-3,7-8,12-13,15-16,22H,4-6,9-11,14H2. The van der Waals surface area contributed by atoms with Crippen LogP contribution in [0.15, 0.2) is 48.5 Å². The van der Waals surface area contributed by atoms with Crippen LogP contribution >= 0.6 is 0 Å². The van der Waals surface area contributed by atoms with Crippen molar-refractivity contribution in [3.8, 4) is 5.75 Å². The molecule has 0 aromatic heterocycles. The van der Waals surface area contributed by atoms with E-state index in [9.17, 15) is 0 Å². The first-order valence-electron chi connectivity index (χ1n) is 9.06. The molecule has 0 N–H and O–H groups in total. The van der Waals surface area contributed by atoms with Gasteiger partial charge in [-0.05, 0) is 66.5 Å². The van der Waals surface area contributed by atoms with Gasteiger partial charge in [0.25, 0.3) is 0 Å². The fraction of sp³-hybridized carbons (Fsp3) is 0.364. The molecule has 1 atom stereocenters. The largest absolute Gasteiger partial charge is 0.465 e. The van der Waals surface area contributed by atoms with Crippen LogP contribution in [0.4, 0.5) is 0 Å². The molecule has 4 rings (SSSR count). The third-order valence-electron chi connectivity index (χ3n) is 4.89. The van der Waals surface area contributed by atoms with Gasteiger partial charge in [-0.15, -0.1) is 0 Å². The lowest BCUT2D eigenvalue weighted by molar-refractivity contribution is -0.105. The maximum Gasteiger partial charge on any atom is 0.199 e. The van der Waals surface area contributed by atoms with Gasteiger partial charge in [-0.1, -0.05) is 42.5 Å². The van der Waals surface area contributed by atoms with Gasteiger partial charge in [0.15, 0.2) is 6.29 Å². The SMILES string of the molecule is C1=C(c2ccccc2)CCCc2cc(OC3CCCCO3)ccc21. The van der Waals surface area contributed by atoms with Crippen LogP contribution in [0.1, 0.15) is 48.8 Å². The Morgan fingerprint density at radius 3 is 2.67 bits per heavy atom. The van der Waals surface area contributed by atoms with E-state index in [1.165, 1.54) is 35.1 Å². The topological polar surface area (TPSA) is 18.5 Å². The van der Waals surface area contributed by atoms with Crippen molar-refractivity contribution >= 4 is 11.6 Å². The molecule has 1 saturated heterocycles. The monoisotopic (exact) mass is 320 g/mol. The molecule has 0 bridgehead atoms. The second kappa shape index (κ2) is 7.23. The van der Waals surface area contributed by atoms with Gasteiger partial charge in [-0.2, -0.15) is 0 Å². The highest BCUT2D eigenvalue weighted by Gasteiger charge is 2.16. The van der Waals surface area contributed by atoms with Gasteiger partial charge in [0.05, 0.1) is 6.61 Å². The number of aryl methyl sites for hydroxylation is 1. The summed E-state index contributed by atoms with van der Waals surface area (Å²) in [5.74, 6) is 0.942. The lowest BCUT2D eigenvalue weighted by atomic mass is 10.0. The van der Waals surface area contributed by atoms with Crippen LogP contribution in [0.25, 0.3) is 11.6 Å². The molecule has 0 radical (unpaired) electrons. The lowest BCUT2D eigenvalue weighted by Crippen LogP contribution is -2.25. The third kappa shape index (κ3) is 3.54. The maximum absolute atomic E-state index is 6.03. The summed E-state index contributed by atoms with van der Waals surface area (Å²) in [5, 5.41) is 0. The average molecular weight is 320 g/mol. The second-order valence-corrected chi connectivity index (χ2v) is 6.66. The molecule has 1 unspecified atom stereocenters. The highest BCUT2D eigenvalue weighted by Crippen LogP contribution is 2.31. The minimum atomic E-state index is -0.0713. The summed E-state index contributed by atoms with van der Waals surface area (Å²) in [6, 6.07) is 17.2. The smallest absolute Gasteiger partial charge is 0.199 e. The zero-order chi connectivity index (χ0) is 16.2. The molecule has 24 heavy (non-hydrogen) atoms. The van der Waals surface area contributed by atoms with E-state index in [-0.39, 0.29) is 6.29 Å². The Hall–Kier alpha value is -2.06. The van der Waals surface area contributed by atoms with E-state index in [0.29, 0.717) is 0 Å². The highest BCUT2D eigenvalue weighted by atomic mass is 16.7. The predicted molar refractivity (Wildman–Crippen MR) is 97.9 cm³/mol. The molecule has 2 aliphatic rings. The van der Waals surface area contributed by atoms with E-state index in [0.717, 1.165) is 38.0 Å². The van der Waals surface area contributed by atoms with Crippen LogP contribution in [0.2, 0.25) is 0 Å². The van der Waals surface area contributed by atoms with Crippen molar-refractivity contribution in [2.75, 3.05) is 6.61 Å². The van der Waals surface area contributed by atoms with Gasteiger partial charge in [0.1, 0.15) is 5.75 Å². The van der Waals surface area contributed by atoms with Crippen molar-refractivity contribution in [1.82, 2.24) is 0 Å². The first kappa shape index (κ1) is 15.5. The van der Waals surface area contributed by atoms with Crippen LogP contribution in [-0.4, -0.2) is 12.9 Å². The minimum Gasteiger partial charge on any atom is -0.465 e. The van der Waals surface area contributed by atoms with Crippen LogP contribution in [0, 0.1) is 0 Å². The fourth-order valence-corrected chi connectivity index (χ4v) is 3.58. The van der Waals surface area contributed by atoms with Crippen molar-refractivity contribution in [1.29, 1.82) is 0 Å². The predicted octanol–water partition coefficient (Wildman–Crippen LogP) is 5.47. The van der Waals surface area contributed by atoms with Crippen LogP contribution in [0.5, 0.6) is 5.75 Å². The number of hydrogen-bond acceptors (Lipinski definition) is 2. The molecule has 124 valence electrons. The summed E-state index contributed by atoms with van der Waals surface area (Å²) in [6.45, 7) is 0.818. The fourth-order valence-electron chi connectivity index (χ4n) is 3.58. The lowest BCUT2D eigenvalue weighted by Gasteiger charge is -2.23. The van der Waals surface area contributed by atoms with Crippen molar-refractivity contribution in [2.45, 2.75) is 44.8 Å². The zero-order valence-electron chi connectivity index (χ0n) is 14.0. The van der Waals surface area contributed by atoms with Gasteiger partial charge in [0.2, 0.25) is 0 Å². The normalized spacial score (nSPS) is 20.7. The van der Waals surface area contributed by atoms with E-state index < -0.39 is 0 Å². The van der Waals surface area contributed by atoms with Crippen LogP contribution in [0.3, 0.4) is 0 Å². The third-order valence-corrected chi connectivity index (χ3v) is 4.89. The molecule has 1 fully saturated rings. The van der Waals surface area contributed by atoms with E-state index in [1.807, 2.05) is 0 Å². The van der Waals surface area contributed by atoms with Crippen LogP contribution < -0.4 is 4.74 Å². The van der Waals surface area contributed by atoms with Crippen LogP contribution in [-0.2, 0) is 11.2 Å². The molecule has 1 heterocycles. The number of hydrogen-bond donors (Lipinski definition) is 0. The number of rotatable bonds is 3. The van der Waals surface area contributed by atoms with E-state index in [4.69, 9.17) is 9.47 Å². The van der Waals surface area contributed by atoms with Gasteiger partial charge < -0.3 is 9.47 Å². The molecule has 0 saturated carbocycles. The van der Waals surface area contributed by atoms with E-state index in [2.05, 4.69) is 54.6 Å². The maximum atomic E-state index is 6.03. The molecule has 2 aromatic rings. The van der Waals surface area contributed by atoms with Gasteiger partial charge in [0, 0.05) is 6.42 Å². The number of benzene rings is 2. The average Bonchev–Trinajstić information content (AvgIpc) is 2.85. The molecule has 0 amide bonds. The molecule has 0 spiro atoms. The highest BCUT2D eigenvalue weighted by molar-refractivity contribution is 5.83. The molecular weight excluding hydrogens is 296 g/mol. The van der Waals surface area contributed by atoms with Crippen molar-refractivity contribution in [3.63, 3.8) is 0 Å². The molecule has 1 aliphatic carbocycles. The number of ether oxygens (including phenoxy) is 2. The Bertz CT molecular complexity index is 712. The zero-order valence-corrected chi connectivity index (χ0v) is 14.0. The first-order chi connectivity index (χ1) is 11.9. The van der Waals surface area contributed by atoms with Crippen molar-refractivity contribution in [3.05, 3.63) is 65.2 Å². The summed E-state index contributed by atoms with van der Waals surface area (Å²) in [4.78, 5) is 0. The second-order valence-electron chi connectivity index (χ2n) is 6.66. The Balaban J connectivity index is 1.56. The van der Waals surface area contributed by atoms with Gasteiger partial charge in [-0.25, -0.2) is 0 Å². The molecule has 2 nitrogen and oxygen atoms in total. The summed E-state index contributed by atoms with van der Waals surface area (Å²) >= 11 is 0. The molecule has 2 aromatic carbocycles. The van der Waals surface area contributed by atoms with Crippen molar-refractivity contribution in [2.24, 2.45) is 0 Å². The van der Waals surface area contributed by atoms with Gasteiger partial charge >= 0.3 is 0 Å². The Morgan fingerprint density at radius 2 is 1.83 bits per heavy atom. The summed E-state index contributed by atoms with van der Waals surface area (Å²) in [7, 11) is 0. The Labute approximate surface area is 144 Å². The van der Waals surface area contributed by atoms with Crippen molar-refractivity contribution < 1.29 is 9.47 Å². The molecule has 1 aliphatic heterocycles. The minimum absolute atomic E-state index is 0.0713. The summed E-state index contributed by atoms with van der Waals surface area (Å²) in [6.07, 6.45) is 9.02. The number of allylic oxidation sites excluding steroid dienone is 1. The van der Waals surface area contributed by atoms with Gasteiger partial charge in [-0.3, -0.25) is 0 Å². The van der Waals surface area contributed by atoms with E-state index in [1.54, 1.807) is 0 Å². The van der Waals surface area contributed by atoms with E-state index >= 15 is 0 Å². The Kier molecular flexibility index (Phi) is 4.66. The number of fused-ring (bicyclic) bond motifs is 1. The summed E-state index contributed by atoms with van der Waals surface area (Å²) in [5.41, 5.74) is 5.47. The molecular formula is C22H24O2. The first-order valence-corrected chi connectivity index (χ1v) is 9.06. The summed E-state index contributed by atoms with van der Waals surface area (Å²) < 4.78 is 11.7. The molecule has 2 heteroatoms. The quantitative estimate of drug-likeness (QED) is 0.746.